The van der Waals surface area contributed by atoms with Crippen LogP contribution in [0.4, 0.5) is 0 Å². The molecule has 2 saturated carbocycles. The topological polar surface area (TPSA) is 108 Å². The molecule has 1 aromatic carbocycles. The van der Waals surface area contributed by atoms with Crippen molar-refractivity contribution in [3.8, 4) is 0 Å². The minimum atomic E-state index is -3.98. The number of nitrogens with zero attached hydrogens (tertiary/aromatic N) is 1. The van der Waals surface area contributed by atoms with Gasteiger partial charge >= 0.3 is 0 Å². The van der Waals surface area contributed by atoms with Crippen LogP contribution < -0.4 is 16.0 Å². The van der Waals surface area contributed by atoms with Crippen molar-refractivity contribution in [2.24, 2.45) is 5.41 Å². The second kappa shape index (κ2) is 9.10. The summed E-state index contributed by atoms with van der Waals surface area (Å²) in [6.45, 7) is 6.18. The molecule has 3 N–H and O–H groups in total. The minimum absolute atomic E-state index is 0.0217. The fourth-order valence-corrected chi connectivity index (χ4v) is 6.28. The van der Waals surface area contributed by atoms with E-state index < -0.39 is 22.0 Å². The third-order valence-electron chi connectivity index (χ3n) is 6.94. The lowest BCUT2D eigenvalue weighted by Crippen LogP contribution is -2.55. The Morgan fingerprint density at radius 2 is 1.79 bits per heavy atom. The average molecular weight is 475 g/mol. The Bertz CT molecular complexity index is 1030. The molecular formula is C24H34N4O4S. The molecule has 1 aromatic rings. The molecule has 3 aliphatic rings. The third kappa shape index (κ3) is 5.41. The Balaban J connectivity index is 1.43. The predicted molar refractivity (Wildman–Crippen MR) is 125 cm³/mol. The number of rotatable bonds is 7. The van der Waals surface area contributed by atoms with Crippen LogP contribution in [0.2, 0.25) is 0 Å². The van der Waals surface area contributed by atoms with E-state index in [0.29, 0.717) is 12.1 Å². The molecule has 1 heterocycles. The number of carbonyl (C=O) groups excluding carboxylic acids is 2. The van der Waals surface area contributed by atoms with Crippen molar-refractivity contribution in [3.05, 3.63) is 42.2 Å². The highest BCUT2D eigenvalue weighted by Crippen LogP contribution is 2.37. The summed E-state index contributed by atoms with van der Waals surface area (Å²) in [7, 11) is -3.98. The summed E-state index contributed by atoms with van der Waals surface area (Å²) in [4.78, 5) is 25.7. The highest BCUT2D eigenvalue weighted by atomic mass is 32.2. The fourth-order valence-electron chi connectivity index (χ4n) is 4.83. The number of hydrogen-bond acceptors (Lipinski definition) is 5. The molecule has 8 nitrogen and oxygen atoms in total. The molecule has 180 valence electrons. The third-order valence-corrected chi connectivity index (χ3v) is 8.73. The van der Waals surface area contributed by atoms with E-state index in [1.807, 2.05) is 6.92 Å². The van der Waals surface area contributed by atoms with E-state index >= 15 is 0 Å². The zero-order valence-electron chi connectivity index (χ0n) is 19.5. The van der Waals surface area contributed by atoms with E-state index in [2.05, 4.69) is 29.8 Å². The molecule has 33 heavy (non-hydrogen) atoms. The molecule has 2 fully saturated rings. The lowest BCUT2D eigenvalue weighted by atomic mass is 9.71. The van der Waals surface area contributed by atoms with Gasteiger partial charge in [-0.05, 0) is 56.6 Å². The van der Waals surface area contributed by atoms with Gasteiger partial charge in [-0.3, -0.25) is 13.9 Å². The van der Waals surface area contributed by atoms with E-state index in [-0.39, 0.29) is 28.7 Å². The summed E-state index contributed by atoms with van der Waals surface area (Å²) in [5.41, 5.74) is 0.838. The monoisotopic (exact) mass is 474 g/mol. The second-order valence-corrected chi connectivity index (χ2v) is 12.1. The zero-order valence-corrected chi connectivity index (χ0v) is 20.3. The summed E-state index contributed by atoms with van der Waals surface area (Å²) in [6, 6.07) is 6.39. The lowest BCUT2D eigenvalue weighted by Gasteiger charge is -2.43. The average Bonchev–Trinajstić information content (AvgIpc) is 3.55. The molecule has 0 aromatic heterocycles. The zero-order chi connectivity index (χ0) is 23.8. The van der Waals surface area contributed by atoms with Crippen molar-refractivity contribution in [1.29, 1.82) is 0 Å². The SMILES string of the molecule is Cc1ccc(S(=O)(=O)N2C=CNC(=O)[C@H]2CC(=O)N[C@@H]2CC[C@@H](NC3CC3)CC2(C)C)cc1. The number of benzene rings is 1. The summed E-state index contributed by atoms with van der Waals surface area (Å²) in [5.74, 6) is -0.832. The van der Waals surface area contributed by atoms with Crippen molar-refractivity contribution >= 4 is 21.8 Å². The van der Waals surface area contributed by atoms with Gasteiger partial charge in [0.1, 0.15) is 6.04 Å². The Kier molecular flexibility index (Phi) is 6.55. The van der Waals surface area contributed by atoms with Gasteiger partial charge in [-0.25, -0.2) is 8.42 Å². The van der Waals surface area contributed by atoms with Crippen LogP contribution in [0.1, 0.15) is 57.9 Å². The molecule has 0 radical (unpaired) electrons. The van der Waals surface area contributed by atoms with Crippen molar-refractivity contribution in [2.45, 2.75) is 88.4 Å². The van der Waals surface area contributed by atoms with Crippen molar-refractivity contribution < 1.29 is 18.0 Å². The van der Waals surface area contributed by atoms with Gasteiger partial charge < -0.3 is 16.0 Å². The Hall–Kier alpha value is -2.39. The fraction of sp³-hybridized carbons (Fsp3) is 0.583. The van der Waals surface area contributed by atoms with E-state index in [1.165, 1.54) is 37.4 Å². The highest BCUT2D eigenvalue weighted by molar-refractivity contribution is 7.89. The first-order valence-corrected chi connectivity index (χ1v) is 13.1. The largest absolute Gasteiger partial charge is 0.353 e. The van der Waals surface area contributed by atoms with Gasteiger partial charge in [0.05, 0.1) is 11.3 Å². The van der Waals surface area contributed by atoms with Crippen molar-refractivity contribution in [3.63, 3.8) is 0 Å². The van der Waals surface area contributed by atoms with Crippen LogP contribution in [0.25, 0.3) is 0 Å². The summed E-state index contributed by atoms with van der Waals surface area (Å²) >= 11 is 0. The lowest BCUT2D eigenvalue weighted by molar-refractivity contribution is -0.130. The van der Waals surface area contributed by atoms with Gasteiger partial charge in [0.2, 0.25) is 11.8 Å². The maximum Gasteiger partial charge on any atom is 0.264 e. The molecule has 9 heteroatoms. The van der Waals surface area contributed by atoms with E-state index in [9.17, 15) is 18.0 Å². The van der Waals surface area contributed by atoms with E-state index in [4.69, 9.17) is 0 Å². The standard InChI is InChI=1S/C24H34N4O4S/c1-16-4-9-19(10-5-16)33(31,32)28-13-12-25-23(30)20(28)14-22(29)27-21-11-8-18(15-24(21,2)3)26-17-6-7-17/h4-5,9-10,12-13,17-18,20-21,26H,6-8,11,14-15H2,1-3H3,(H,25,30)(H,27,29)/t18-,20-,21-/m1/s1. The number of carbonyl (C=O) groups is 2. The van der Waals surface area contributed by atoms with Gasteiger partial charge in [-0.1, -0.05) is 31.5 Å². The molecule has 1 aliphatic heterocycles. The maximum absolute atomic E-state index is 13.2. The van der Waals surface area contributed by atoms with E-state index in [0.717, 1.165) is 29.1 Å². The first kappa shape index (κ1) is 23.8. The first-order chi connectivity index (χ1) is 15.6. The van der Waals surface area contributed by atoms with Crippen LogP contribution in [0.3, 0.4) is 0 Å². The van der Waals surface area contributed by atoms with Crippen LogP contribution >= 0.6 is 0 Å². The molecular weight excluding hydrogens is 440 g/mol. The number of hydrogen-bond donors (Lipinski definition) is 3. The van der Waals surface area contributed by atoms with Gasteiger partial charge in [-0.2, -0.15) is 0 Å². The molecule has 0 spiro atoms. The summed E-state index contributed by atoms with van der Waals surface area (Å²) in [5, 5.41) is 9.32. The molecule has 2 amide bonds. The normalized spacial score (nSPS) is 27.2. The second-order valence-electron chi connectivity index (χ2n) is 10.2. The number of aryl methyl sites for hydroxylation is 1. The van der Waals surface area contributed by atoms with Gasteiger partial charge in [0.15, 0.2) is 0 Å². The number of amides is 2. The smallest absolute Gasteiger partial charge is 0.264 e. The van der Waals surface area contributed by atoms with Gasteiger partial charge in [0.25, 0.3) is 10.0 Å². The van der Waals surface area contributed by atoms with Crippen LogP contribution in [0.15, 0.2) is 41.6 Å². The first-order valence-electron chi connectivity index (χ1n) is 11.7. The highest BCUT2D eigenvalue weighted by Gasteiger charge is 2.41. The van der Waals surface area contributed by atoms with Crippen LogP contribution in [-0.4, -0.2) is 48.7 Å². The number of nitrogens with one attached hydrogen (secondary N) is 3. The van der Waals surface area contributed by atoms with Gasteiger partial charge in [0, 0.05) is 30.5 Å². The molecule has 0 unspecified atom stereocenters. The van der Waals surface area contributed by atoms with Crippen LogP contribution in [0.5, 0.6) is 0 Å². The maximum atomic E-state index is 13.2. The van der Waals surface area contributed by atoms with Crippen LogP contribution in [-0.2, 0) is 19.6 Å². The predicted octanol–water partition coefficient (Wildman–Crippen LogP) is 2.16. The Morgan fingerprint density at radius 1 is 1.12 bits per heavy atom. The summed E-state index contributed by atoms with van der Waals surface area (Å²) in [6.07, 6.45) is 7.67. The Labute approximate surface area is 196 Å². The van der Waals surface area contributed by atoms with Gasteiger partial charge in [-0.15, -0.1) is 0 Å². The van der Waals surface area contributed by atoms with Crippen molar-refractivity contribution in [1.82, 2.24) is 20.3 Å². The quantitative estimate of drug-likeness (QED) is 0.561. The van der Waals surface area contributed by atoms with Crippen LogP contribution in [0, 0.1) is 12.3 Å². The number of sulfonamides is 1. The minimum Gasteiger partial charge on any atom is -0.353 e. The van der Waals surface area contributed by atoms with Crippen molar-refractivity contribution in [2.75, 3.05) is 0 Å². The molecule has 2 aliphatic carbocycles. The molecule has 4 rings (SSSR count). The molecule has 0 bridgehead atoms. The molecule has 0 saturated heterocycles. The van der Waals surface area contributed by atoms with E-state index in [1.54, 1.807) is 12.1 Å². The Morgan fingerprint density at radius 3 is 2.42 bits per heavy atom. The summed E-state index contributed by atoms with van der Waals surface area (Å²) < 4.78 is 27.4. The molecule has 3 atom stereocenters.